The van der Waals surface area contributed by atoms with Gasteiger partial charge in [0.05, 0.1) is 6.54 Å². The van der Waals surface area contributed by atoms with Crippen molar-refractivity contribution in [2.24, 2.45) is 0 Å². The zero-order valence-corrected chi connectivity index (χ0v) is 12.3. The number of fused-ring (bicyclic) bond motifs is 1. The van der Waals surface area contributed by atoms with Crippen LogP contribution in [0.5, 0.6) is 11.5 Å². The number of carbonyl (C=O) groups is 2. The van der Waals surface area contributed by atoms with Gasteiger partial charge >= 0.3 is 0 Å². The minimum atomic E-state index is -0.0491. The number of ether oxygens (including phenoxy) is 2. The minimum absolute atomic E-state index is 0.0447. The summed E-state index contributed by atoms with van der Waals surface area (Å²) in [6, 6.07) is 5.62. The van der Waals surface area contributed by atoms with E-state index in [-0.39, 0.29) is 18.6 Å². The Labute approximate surface area is 128 Å². The highest BCUT2D eigenvalue weighted by molar-refractivity contribution is 5.79. The van der Waals surface area contributed by atoms with Gasteiger partial charge in [0.2, 0.25) is 18.6 Å². The molecule has 2 amide bonds. The van der Waals surface area contributed by atoms with E-state index in [2.05, 4.69) is 10.6 Å². The molecular formula is C15H19N3O4. The number of carbonyl (C=O) groups excluding carboxylic acids is 2. The lowest BCUT2D eigenvalue weighted by atomic mass is 10.2. The SMILES string of the molecule is O=C1CCN(CC(=O)NCc2ccc3c(c2)OCO3)CCN1. The predicted octanol–water partition coefficient (Wildman–Crippen LogP) is -0.147. The molecule has 2 heterocycles. The summed E-state index contributed by atoms with van der Waals surface area (Å²) in [6.45, 7) is 2.90. The maximum Gasteiger partial charge on any atom is 0.234 e. The van der Waals surface area contributed by atoms with E-state index in [0.29, 0.717) is 44.9 Å². The first-order chi connectivity index (χ1) is 10.7. The predicted molar refractivity (Wildman–Crippen MR) is 78.5 cm³/mol. The summed E-state index contributed by atoms with van der Waals surface area (Å²) < 4.78 is 10.6. The second kappa shape index (κ2) is 6.65. The molecule has 2 aliphatic rings. The molecular weight excluding hydrogens is 286 g/mol. The van der Waals surface area contributed by atoms with E-state index < -0.39 is 0 Å². The Morgan fingerprint density at radius 1 is 1.27 bits per heavy atom. The molecule has 2 aliphatic heterocycles. The van der Waals surface area contributed by atoms with Gasteiger partial charge in [0.1, 0.15) is 0 Å². The van der Waals surface area contributed by atoms with Crippen LogP contribution in [-0.4, -0.2) is 49.7 Å². The Morgan fingerprint density at radius 2 is 2.14 bits per heavy atom. The normalized spacial score (nSPS) is 17.7. The van der Waals surface area contributed by atoms with Crippen LogP contribution in [0.1, 0.15) is 12.0 Å². The van der Waals surface area contributed by atoms with Gasteiger partial charge in [-0.3, -0.25) is 14.5 Å². The monoisotopic (exact) mass is 305 g/mol. The molecule has 7 heteroatoms. The summed E-state index contributed by atoms with van der Waals surface area (Å²) in [7, 11) is 0. The van der Waals surface area contributed by atoms with Crippen molar-refractivity contribution in [1.82, 2.24) is 15.5 Å². The third-order valence-corrected chi connectivity index (χ3v) is 3.70. The second-order valence-electron chi connectivity index (χ2n) is 5.34. The van der Waals surface area contributed by atoms with Crippen LogP contribution < -0.4 is 20.1 Å². The van der Waals surface area contributed by atoms with Gasteiger partial charge in [0, 0.05) is 32.6 Å². The molecule has 2 N–H and O–H groups in total. The van der Waals surface area contributed by atoms with Gasteiger partial charge < -0.3 is 20.1 Å². The maximum absolute atomic E-state index is 12.0. The van der Waals surface area contributed by atoms with Gasteiger partial charge in [-0.1, -0.05) is 6.07 Å². The van der Waals surface area contributed by atoms with Crippen molar-refractivity contribution in [3.63, 3.8) is 0 Å². The highest BCUT2D eigenvalue weighted by atomic mass is 16.7. The van der Waals surface area contributed by atoms with E-state index in [1.807, 2.05) is 23.1 Å². The zero-order valence-electron chi connectivity index (χ0n) is 12.3. The summed E-state index contributed by atoms with van der Waals surface area (Å²) in [6.07, 6.45) is 0.440. The van der Waals surface area contributed by atoms with E-state index in [1.165, 1.54) is 0 Å². The quantitative estimate of drug-likeness (QED) is 0.809. The molecule has 7 nitrogen and oxygen atoms in total. The molecule has 118 valence electrons. The summed E-state index contributed by atoms with van der Waals surface area (Å²) >= 11 is 0. The highest BCUT2D eigenvalue weighted by Crippen LogP contribution is 2.32. The van der Waals surface area contributed by atoms with Crippen LogP contribution in [0.4, 0.5) is 0 Å². The number of benzene rings is 1. The van der Waals surface area contributed by atoms with Gasteiger partial charge in [-0.05, 0) is 17.7 Å². The standard InChI is InChI=1S/C15H19N3O4/c19-14-3-5-18(6-4-16-14)9-15(20)17-8-11-1-2-12-13(7-11)22-10-21-12/h1-2,7H,3-6,8-10H2,(H,16,19)(H,17,20). The highest BCUT2D eigenvalue weighted by Gasteiger charge is 2.16. The maximum atomic E-state index is 12.0. The molecule has 0 bridgehead atoms. The molecule has 0 radical (unpaired) electrons. The number of rotatable bonds is 4. The first-order valence-electron chi connectivity index (χ1n) is 7.35. The molecule has 0 aliphatic carbocycles. The zero-order chi connectivity index (χ0) is 15.4. The average molecular weight is 305 g/mol. The second-order valence-corrected chi connectivity index (χ2v) is 5.34. The molecule has 0 unspecified atom stereocenters. The molecule has 0 aromatic heterocycles. The molecule has 22 heavy (non-hydrogen) atoms. The van der Waals surface area contributed by atoms with Crippen LogP contribution >= 0.6 is 0 Å². The molecule has 0 atom stereocenters. The number of hydrogen-bond acceptors (Lipinski definition) is 5. The van der Waals surface area contributed by atoms with Gasteiger partial charge in [0.25, 0.3) is 0 Å². The van der Waals surface area contributed by atoms with Gasteiger partial charge in [-0.25, -0.2) is 0 Å². The van der Waals surface area contributed by atoms with Crippen LogP contribution in [0, 0.1) is 0 Å². The fraction of sp³-hybridized carbons (Fsp3) is 0.467. The average Bonchev–Trinajstić information content (AvgIpc) is 2.88. The Morgan fingerprint density at radius 3 is 3.05 bits per heavy atom. The van der Waals surface area contributed by atoms with Crippen LogP contribution in [0.25, 0.3) is 0 Å². The third-order valence-electron chi connectivity index (χ3n) is 3.70. The van der Waals surface area contributed by atoms with Gasteiger partial charge in [0.15, 0.2) is 11.5 Å². The van der Waals surface area contributed by atoms with Crippen LogP contribution in [0.2, 0.25) is 0 Å². The lowest BCUT2D eigenvalue weighted by molar-refractivity contribution is -0.123. The summed E-state index contributed by atoms with van der Waals surface area (Å²) in [5.74, 6) is 1.44. The topological polar surface area (TPSA) is 79.9 Å². The van der Waals surface area contributed by atoms with E-state index in [1.54, 1.807) is 0 Å². The first-order valence-corrected chi connectivity index (χ1v) is 7.35. The lowest BCUT2D eigenvalue weighted by Gasteiger charge is -2.18. The Hall–Kier alpha value is -2.28. The molecule has 1 fully saturated rings. The molecule has 1 aromatic rings. The van der Waals surface area contributed by atoms with Crippen LogP contribution in [-0.2, 0) is 16.1 Å². The van der Waals surface area contributed by atoms with Crippen molar-refractivity contribution in [3.8, 4) is 11.5 Å². The minimum Gasteiger partial charge on any atom is -0.454 e. The number of nitrogens with zero attached hydrogens (tertiary/aromatic N) is 1. The van der Waals surface area contributed by atoms with Crippen molar-refractivity contribution in [1.29, 1.82) is 0 Å². The van der Waals surface area contributed by atoms with Crippen molar-refractivity contribution in [3.05, 3.63) is 23.8 Å². The van der Waals surface area contributed by atoms with Gasteiger partial charge in [-0.2, -0.15) is 0 Å². The fourth-order valence-corrected chi connectivity index (χ4v) is 2.48. The Kier molecular flexibility index (Phi) is 4.43. The molecule has 1 aromatic carbocycles. The van der Waals surface area contributed by atoms with Crippen LogP contribution in [0.3, 0.4) is 0 Å². The first kappa shape index (κ1) is 14.6. The van der Waals surface area contributed by atoms with Crippen LogP contribution in [0.15, 0.2) is 18.2 Å². The molecule has 0 saturated carbocycles. The lowest BCUT2D eigenvalue weighted by Crippen LogP contribution is -2.38. The Balaban J connectivity index is 1.47. The van der Waals surface area contributed by atoms with Gasteiger partial charge in [-0.15, -0.1) is 0 Å². The summed E-state index contributed by atoms with van der Waals surface area (Å²) in [5, 5.41) is 5.68. The van der Waals surface area contributed by atoms with E-state index in [9.17, 15) is 9.59 Å². The fourth-order valence-electron chi connectivity index (χ4n) is 2.48. The number of amides is 2. The van der Waals surface area contributed by atoms with E-state index >= 15 is 0 Å². The molecule has 1 saturated heterocycles. The third kappa shape index (κ3) is 3.67. The van der Waals surface area contributed by atoms with E-state index in [0.717, 1.165) is 11.3 Å². The largest absolute Gasteiger partial charge is 0.454 e. The summed E-state index contributed by atoms with van der Waals surface area (Å²) in [4.78, 5) is 25.2. The van der Waals surface area contributed by atoms with E-state index in [4.69, 9.17) is 9.47 Å². The van der Waals surface area contributed by atoms with Crippen molar-refractivity contribution < 1.29 is 19.1 Å². The number of hydrogen-bond donors (Lipinski definition) is 2. The Bertz CT molecular complexity index is 576. The number of nitrogens with one attached hydrogen (secondary N) is 2. The molecule has 0 spiro atoms. The van der Waals surface area contributed by atoms with Crippen molar-refractivity contribution in [2.45, 2.75) is 13.0 Å². The summed E-state index contributed by atoms with van der Waals surface area (Å²) in [5.41, 5.74) is 0.963. The van der Waals surface area contributed by atoms with Crippen molar-refractivity contribution >= 4 is 11.8 Å². The van der Waals surface area contributed by atoms with Crippen molar-refractivity contribution in [2.75, 3.05) is 33.0 Å². The molecule has 3 rings (SSSR count). The smallest absolute Gasteiger partial charge is 0.234 e.